The summed E-state index contributed by atoms with van der Waals surface area (Å²) in [6.45, 7) is 6.69. The van der Waals surface area contributed by atoms with E-state index in [4.69, 9.17) is 9.47 Å². The third-order valence-electron chi connectivity index (χ3n) is 5.37. The van der Waals surface area contributed by atoms with Crippen LogP contribution in [0.3, 0.4) is 0 Å². The molecule has 0 aromatic heterocycles. The van der Waals surface area contributed by atoms with Gasteiger partial charge in [0.05, 0.1) is 18.2 Å². The van der Waals surface area contributed by atoms with E-state index in [0.29, 0.717) is 6.42 Å². The molecular formula is C23H27NO3. The molecule has 1 unspecified atom stereocenters. The van der Waals surface area contributed by atoms with Crippen LogP contribution >= 0.6 is 0 Å². The minimum absolute atomic E-state index is 0.0863. The van der Waals surface area contributed by atoms with E-state index in [1.165, 1.54) is 16.7 Å². The molecule has 2 aromatic rings. The van der Waals surface area contributed by atoms with Crippen LogP contribution in [0.5, 0.6) is 11.5 Å². The van der Waals surface area contributed by atoms with Gasteiger partial charge in [-0.15, -0.1) is 0 Å². The minimum Gasteiger partial charge on any atom is -0.496 e. The van der Waals surface area contributed by atoms with E-state index in [0.717, 1.165) is 34.7 Å². The zero-order valence-electron chi connectivity index (χ0n) is 16.4. The lowest BCUT2D eigenvalue weighted by Crippen LogP contribution is -2.32. The average molecular weight is 365 g/mol. The Bertz CT molecular complexity index is 914. The van der Waals surface area contributed by atoms with Gasteiger partial charge >= 0.3 is 0 Å². The predicted molar refractivity (Wildman–Crippen MR) is 109 cm³/mol. The molecule has 4 nitrogen and oxygen atoms in total. The lowest BCUT2D eigenvalue weighted by molar-refractivity contribution is 0.172. The largest absolute Gasteiger partial charge is 0.496 e. The first kappa shape index (κ1) is 17.9. The number of allylic oxidation sites excluding steroid dienone is 1. The lowest BCUT2D eigenvalue weighted by atomic mass is 9.81. The molecule has 0 radical (unpaired) electrons. The number of aliphatic hydroxyl groups excluding tert-OH is 1. The van der Waals surface area contributed by atoms with Crippen LogP contribution in [0.25, 0.3) is 16.7 Å². The van der Waals surface area contributed by atoms with Gasteiger partial charge in [-0.25, -0.2) is 0 Å². The second kappa shape index (κ2) is 6.61. The fraction of sp³-hybridized carbons (Fsp3) is 0.391. The second-order valence-electron chi connectivity index (χ2n) is 7.93. The maximum absolute atomic E-state index is 9.38. The maximum Gasteiger partial charge on any atom is 0.131 e. The number of aliphatic hydroxyl groups is 1. The molecule has 0 bridgehead atoms. The highest BCUT2D eigenvalue weighted by Gasteiger charge is 2.34. The number of fused-ring (bicyclic) bond motifs is 5. The van der Waals surface area contributed by atoms with Crippen LogP contribution in [0.4, 0.5) is 5.69 Å². The molecule has 0 saturated heterocycles. The van der Waals surface area contributed by atoms with Crippen molar-refractivity contribution in [1.82, 2.24) is 0 Å². The molecule has 2 heterocycles. The van der Waals surface area contributed by atoms with Crippen molar-refractivity contribution in [2.45, 2.75) is 45.3 Å². The lowest BCUT2D eigenvalue weighted by Gasteiger charge is -2.37. The number of nitrogens with one attached hydrogen (secondary N) is 1. The Balaban J connectivity index is 1.97. The van der Waals surface area contributed by atoms with Crippen molar-refractivity contribution < 1.29 is 14.6 Å². The van der Waals surface area contributed by atoms with Crippen LogP contribution < -0.4 is 14.8 Å². The van der Waals surface area contributed by atoms with Crippen molar-refractivity contribution in [3.8, 4) is 22.6 Å². The number of ether oxygens (including phenoxy) is 2. The standard InChI is InChI=1S/C23H27NO3/c1-14-13-23(2,3)24-16-11-10-15-21-17(26-4)7-5-8-18(21)27-19(9-6-12-25)22(15)20(14)16/h5,7-8,10-11,13,19,24-25H,6,9,12H2,1-4H3. The van der Waals surface area contributed by atoms with E-state index in [1.54, 1.807) is 7.11 Å². The van der Waals surface area contributed by atoms with Crippen molar-refractivity contribution in [3.05, 3.63) is 47.5 Å². The molecule has 142 valence electrons. The summed E-state index contributed by atoms with van der Waals surface area (Å²) in [5, 5.41) is 13.0. The number of benzene rings is 2. The zero-order chi connectivity index (χ0) is 19.2. The number of hydrogen-bond donors (Lipinski definition) is 2. The van der Waals surface area contributed by atoms with Crippen molar-refractivity contribution in [3.63, 3.8) is 0 Å². The van der Waals surface area contributed by atoms with Crippen LogP contribution in [0.1, 0.15) is 50.8 Å². The molecule has 0 spiro atoms. The van der Waals surface area contributed by atoms with Crippen LogP contribution in [0.2, 0.25) is 0 Å². The summed E-state index contributed by atoms with van der Waals surface area (Å²) in [6.07, 6.45) is 3.66. The average Bonchev–Trinajstić information content (AvgIpc) is 2.63. The van der Waals surface area contributed by atoms with Crippen LogP contribution in [0, 0.1) is 0 Å². The SMILES string of the molecule is COc1cccc2c1-c1ccc3c(c1C(CCCO)O2)C(C)=CC(C)(C)N3. The number of hydrogen-bond acceptors (Lipinski definition) is 4. The third kappa shape index (κ3) is 2.98. The van der Waals surface area contributed by atoms with E-state index in [9.17, 15) is 5.11 Å². The van der Waals surface area contributed by atoms with E-state index >= 15 is 0 Å². The quantitative estimate of drug-likeness (QED) is 0.784. The number of rotatable bonds is 4. The van der Waals surface area contributed by atoms with Gasteiger partial charge in [0.25, 0.3) is 0 Å². The highest BCUT2D eigenvalue weighted by atomic mass is 16.5. The smallest absolute Gasteiger partial charge is 0.131 e. The van der Waals surface area contributed by atoms with Gasteiger partial charge in [-0.2, -0.15) is 0 Å². The van der Waals surface area contributed by atoms with Gasteiger partial charge in [0.2, 0.25) is 0 Å². The molecule has 2 aliphatic rings. The Kier molecular flexibility index (Phi) is 4.39. The Labute approximate surface area is 160 Å². The summed E-state index contributed by atoms with van der Waals surface area (Å²) in [7, 11) is 1.70. The molecule has 27 heavy (non-hydrogen) atoms. The van der Waals surface area contributed by atoms with Gasteiger partial charge in [0.15, 0.2) is 0 Å². The van der Waals surface area contributed by atoms with Crippen LogP contribution in [0.15, 0.2) is 36.4 Å². The molecule has 1 atom stereocenters. The first-order valence-corrected chi connectivity index (χ1v) is 9.55. The Morgan fingerprint density at radius 1 is 1.19 bits per heavy atom. The molecule has 2 N–H and O–H groups in total. The summed E-state index contributed by atoms with van der Waals surface area (Å²) in [5.41, 5.74) is 6.87. The zero-order valence-corrected chi connectivity index (χ0v) is 16.4. The number of anilines is 1. The molecule has 2 aliphatic heterocycles. The summed E-state index contributed by atoms with van der Waals surface area (Å²) < 4.78 is 12.1. The molecule has 2 aromatic carbocycles. The van der Waals surface area contributed by atoms with E-state index in [2.05, 4.69) is 44.3 Å². The number of methoxy groups -OCH3 is 1. The topological polar surface area (TPSA) is 50.7 Å². The molecular weight excluding hydrogens is 338 g/mol. The highest BCUT2D eigenvalue weighted by molar-refractivity contribution is 5.91. The van der Waals surface area contributed by atoms with Crippen molar-refractivity contribution >= 4 is 11.3 Å². The van der Waals surface area contributed by atoms with E-state index in [1.807, 2.05) is 18.2 Å². The Hall–Kier alpha value is -2.46. The summed E-state index contributed by atoms with van der Waals surface area (Å²) in [4.78, 5) is 0. The molecule has 4 heteroatoms. The maximum atomic E-state index is 9.38. The van der Waals surface area contributed by atoms with Crippen molar-refractivity contribution in [2.24, 2.45) is 0 Å². The summed E-state index contributed by atoms with van der Waals surface area (Å²) >= 11 is 0. The molecule has 0 aliphatic carbocycles. The van der Waals surface area contributed by atoms with E-state index < -0.39 is 0 Å². The molecule has 0 saturated carbocycles. The van der Waals surface area contributed by atoms with Gasteiger partial charge in [-0.05, 0) is 62.9 Å². The Morgan fingerprint density at radius 3 is 2.74 bits per heavy atom. The Morgan fingerprint density at radius 2 is 2.00 bits per heavy atom. The summed E-state index contributed by atoms with van der Waals surface area (Å²) in [6, 6.07) is 10.3. The fourth-order valence-corrected chi connectivity index (χ4v) is 4.43. The third-order valence-corrected chi connectivity index (χ3v) is 5.37. The first-order chi connectivity index (χ1) is 12.9. The monoisotopic (exact) mass is 365 g/mol. The molecule has 4 rings (SSSR count). The van der Waals surface area contributed by atoms with Gasteiger partial charge in [-0.1, -0.05) is 18.2 Å². The predicted octanol–water partition coefficient (Wildman–Crippen LogP) is 5.18. The highest BCUT2D eigenvalue weighted by Crippen LogP contribution is 2.52. The van der Waals surface area contributed by atoms with Gasteiger partial charge in [0, 0.05) is 23.4 Å². The minimum atomic E-state index is -0.0898. The molecule has 0 amide bonds. The van der Waals surface area contributed by atoms with Gasteiger partial charge in [-0.3, -0.25) is 0 Å². The van der Waals surface area contributed by atoms with Crippen molar-refractivity contribution in [2.75, 3.05) is 19.0 Å². The van der Waals surface area contributed by atoms with Crippen LogP contribution in [-0.2, 0) is 0 Å². The normalized spacial score (nSPS) is 19.0. The fourth-order valence-electron chi connectivity index (χ4n) is 4.43. The van der Waals surface area contributed by atoms with Gasteiger partial charge in [0.1, 0.15) is 17.6 Å². The summed E-state index contributed by atoms with van der Waals surface area (Å²) in [5.74, 6) is 1.66. The van der Waals surface area contributed by atoms with Crippen LogP contribution in [-0.4, -0.2) is 24.4 Å². The first-order valence-electron chi connectivity index (χ1n) is 9.55. The van der Waals surface area contributed by atoms with Crippen molar-refractivity contribution in [1.29, 1.82) is 0 Å². The van der Waals surface area contributed by atoms with E-state index in [-0.39, 0.29) is 18.2 Å². The second-order valence-corrected chi connectivity index (χ2v) is 7.93. The molecule has 0 fully saturated rings. The van der Waals surface area contributed by atoms with Gasteiger partial charge < -0.3 is 19.9 Å².